The summed E-state index contributed by atoms with van der Waals surface area (Å²) in [7, 11) is 0. The molecule has 0 bridgehead atoms. The first-order valence-electron chi connectivity index (χ1n) is 5.70. The summed E-state index contributed by atoms with van der Waals surface area (Å²) in [4.78, 5) is 0. The minimum atomic E-state index is -0.206. The summed E-state index contributed by atoms with van der Waals surface area (Å²) in [5.41, 5.74) is 5.43. The molecule has 0 atom stereocenters. The van der Waals surface area contributed by atoms with Crippen LogP contribution in [0.1, 0.15) is 33.1 Å². The van der Waals surface area contributed by atoms with Crippen LogP contribution in [-0.2, 0) is 0 Å². The number of hydrogen-bond acceptors (Lipinski definition) is 4. The topological polar surface area (TPSA) is 58.6 Å². The maximum Gasteiger partial charge on any atom is 0.144 e. The molecular formula is C12H20N2OS2. The fourth-order valence-electron chi connectivity index (χ4n) is 1.45. The molecule has 0 spiro atoms. The van der Waals surface area contributed by atoms with E-state index in [0.717, 1.165) is 25.0 Å². The molecule has 0 saturated carbocycles. The highest BCUT2D eigenvalue weighted by atomic mass is 32.2. The number of nitrogens with two attached hydrogens (primary N) is 1. The van der Waals surface area contributed by atoms with Crippen LogP contribution in [0, 0.1) is 5.41 Å². The van der Waals surface area contributed by atoms with E-state index in [1.54, 1.807) is 11.3 Å². The molecule has 0 aliphatic carbocycles. The molecule has 0 fully saturated rings. The number of hydrogen-bond donors (Lipinski definition) is 2. The molecule has 5 heteroatoms. The van der Waals surface area contributed by atoms with Crippen LogP contribution in [0.25, 0.3) is 0 Å². The third-order valence-corrected chi connectivity index (χ3v) is 4.95. The number of nitrogens with zero attached hydrogens (tertiary/aromatic N) is 1. The van der Waals surface area contributed by atoms with E-state index in [1.807, 2.05) is 25.6 Å². The fourth-order valence-corrected chi connectivity index (χ4v) is 3.31. The van der Waals surface area contributed by atoms with Gasteiger partial charge in [-0.1, -0.05) is 31.5 Å². The van der Waals surface area contributed by atoms with Crippen molar-refractivity contribution in [1.82, 2.24) is 0 Å². The van der Waals surface area contributed by atoms with Crippen molar-refractivity contribution in [2.45, 2.75) is 37.3 Å². The highest BCUT2D eigenvalue weighted by Crippen LogP contribution is 2.27. The molecule has 1 rings (SSSR count). The normalized spacial score (nSPS) is 12.9. The molecule has 0 unspecified atom stereocenters. The summed E-state index contributed by atoms with van der Waals surface area (Å²) in [5, 5.41) is 13.8. The fraction of sp³-hybridized carbons (Fsp3) is 0.583. The standard InChI is InChI=1S/C12H20N2OS2/c1-12(2,11(13)14-15)7-3-4-8-16-10-6-5-9-17-10/h5-6,9,15H,3-4,7-8H2,1-2H3,(H2,13,14). The van der Waals surface area contributed by atoms with E-state index in [4.69, 9.17) is 10.9 Å². The summed E-state index contributed by atoms with van der Waals surface area (Å²) < 4.78 is 1.38. The molecule has 17 heavy (non-hydrogen) atoms. The summed E-state index contributed by atoms with van der Waals surface area (Å²) in [6.07, 6.45) is 3.21. The molecular weight excluding hydrogens is 252 g/mol. The number of rotatable bonds is 7. The van der Waals surface area contributed by atoms with Crippen molar-refractivity contribution < 1.29 is 5.21 Å². The Morgan fingerprint density at radius 1 is 1.53 bits per heavy atom. The van der Waals surface area contributed by atoms with Gasteiger partial charge in [-0.05, 0) is 30.0 Å². The molecule has 0 saturated heterocycles. The van der Waals surface area contributed by atoms with Crippen molar-refractivity contribution in [2.24, 2.45) is 16.3 Å². The van der Waals surface area contributed by atoms with Crippen LogP contribution in [0.15, 0.2) is 26.9 Å². The van der Waals surface area contributed by atoms with Gasteiger partial charge >= 0.3 is 0 Å². The van der Waals surface area contributed by atoms with E-state index in [9.17, 15) is 0 Å². The Bertz CT molecular complexity index is 347. The lowest BCUT2D eigenvalue weighted by atomic mass is 9.86. The van der Waals surface area contributed by atoms with Crippen LogP contribution in [0.3, 0.4) is 0 Å². The van der Waals surface area contributed by atoms with Crippen molar-refractivity contribution >= 4 is 28.9 Å². The molecule has 1 aromatic rings. The zero-order valence-corrected chi connectivity index (χ0v) is 12.0. The lowest BCUT2D eigenvalue weighted by molar-refractivity contribution is 0.304. The molecule has 0 aliphatic heterocycles. The van der Waals surface area contributed by atoms with E-state index < -0.39 is 0 Å². The second kappa shape index (κ2) is 6.91. The van der Waals surface area contributed by atoms with Crippen LogP contribution in [-0.4, -0.2) is 16.8 Å². The van der Waals surface area contributed by atoms with E-state index in [0.29, 0.717) is 5.84 Å². The van der Waals surface area contributed by atoms with E-state index >= 15 is 0 Å². The van der Waals surface area contributed by atoms with Gasteiger partial charge in [0.15, 0.2) is 0 Å². The Kier molecular flexibility index (Phi) is 5.85. The monoisotopic (exact) mass is 272 g/mol. The largest absolute Gasteiger partial charge is 0.409 e. The molecule has 0 aromatic carbocycles. The lowest BCUT2D eigenvalue weighted by Crippen LogP contribution is -2.31. The Morgan fingerprint density at radius 2 is 2.29 bits per heavy atom. The smallest absolute Gasteiger partial charge is 0.144 e. The quantitative estimate of drug-likeness (QED) is 0.198. The Hall–Kier alpha value is -0.680. The Labute approximate surface area is 111 Å². The summed E-state index contributed by atoms with van der Waals surface area (Å²) in [6.45, 7) is 4.02. The molecule has 96 valence electrons. The van der Waals surface area contributed by atoms with Gasteiger partial charge in [-0.15, -0.1) is 23.1 Å². The molecule has 0 amide bonds. The number of thiophene rings is 1. The van der Waals surface area contributed by atoms with Gasteiger partial charge in [0.25, 0.3) is 0 Å². The van der Waals surface area contributed by atoms with Crippen LogP contribution in [0.4, 0.5) is 0 Å². The van der Waals surface area contributed by atoms with Gasteiger partial charge in [-0.25, -0.2) is 0 Å². The Morgan fingerprint density at radius 3 is 2.88 bits per heavy atom. The second-order valence-corrected chi connectivity index (χ2v) is 6.95. The van der Waals surface area contributed by atoms with E-state index in [2.05, 4.69) is 22.7 Å². The minimum absolute atomic E-state index is 0.206. The highest BCUT2D eigenvalue weighted by molar-refractivity contribution is 8.01. The first kappa shape index (κ1) is 14.4. The average Bonchev–Trinajstić information content (AvgIpc) is 2.80. The van der Waals surface area contributed by atoms with Gasteiger partial charge in [0.05, 0.1) is 4.21 Å². The summed E-state index contributed by atoms with van der Waals surface area (Å²) in [5.74, 6) is 1.45. The predicted molar refractivity (Wildman–Crippen MR) is 76.1 cm³/mol. The van der Waals surface area contributed by atoms with Crippen molar-refractivity contribution in [2.75, 3.05) is 5.75 Å². The van der Waals surface area contributed by atoms with Gasteiger partial charge in [-0.3, -0.25) is 0 Å². The third kappa shape index (κ3) is 5.00. The molecule has 3 N–H and O–H groups in total. The number of oxime groups is 1. The number of amidine groups is 1. The van der Waals surface area contributed by atoms with Crippen LogP contribution < -0.4 is 5.73 Å². The van der Waals surface area contributed by atoms with Gasteiger partial charge in [0, 0.05) is 5.41 Å². The van der Waals surface area contributed by atoms with E-state index in [1.165, 1.54) is 4.21 Å². The maximum absolute atomic E-state index is 8.66. The van der Waals surface area contributed by atoms with Crippen molar-refractivity contribution in [1.29, 1.82) is 0 Å². The van der Waals surface area contributed by atoms with Crippen LogP contribution in [0.2, 0.25) is 0 Å². The van der Waals surface area contributed by atoms with Gasteiger partial charge in [0.2, 0.25) is 0 Å². The predicted octanol–water partition coefficient (Wildman–Crippen LogP) is 3.78. The van der Waals surface area contributed by atoms with Crippen LogP contribution >= 0.6 is 23.1 Å². The third-order valence-electron chi connectivity index (χ3n) is 2.74. The van der Waals surface area contributed by atoms with Gasteiger partial charge in [0.1, 0.15) is 5.84 Å². The number of unbranched alkanes of at least 4 members (excludes halogenated alkanes) is 1. The molecule has 0 aliphatic rings. The van der Waals surface area contributed by atoms with Crippen molar-refractivity contribution in [3.8, 4) is 0 Å². The lowest BCUT2D eigenvalue weighted by Gasteiger charge is -2.22. The first-order chi connectivity index (χ1) is 8.06. The maximum atomic E-state index is 8.66. The molecule has 1 aromatic heterocycles. The molecule has 1 heterocycles. The van der Waals surface area contributed by atoms with E-state index in [-0.39, 0.29) is 5.41 Å². The summed E-state index contributed by atoms with van der Waals surface area (Å²) >= 11 is 3.69. The Balaban J connectivity index is 2.16. The molecule has 0 radical (unpaired) electrons. The second-order valence-electron chi connectivity index (χ2n) is 4.61. The van der Waals surface area contributed by atoms with Crippen LogP contribution in [0.5, 0.6) is 0 Å². The zero-order valence-electron chi connectivity index (χ0n) is 10.3. The van der Waals surface area contributed by atoms with Gasteiger partial charge in [-0.2, -0.15) is 0 Å². The summed E-state index contributed by atoms with van der Waals surface area (Å²) in [6, 6.07) is 4.23. The SMILES string of the molecule is CC(C)(CCCCSc1cccs1)/C(N)=N/O. The first-order valence-corrected chi connectivity index (χ1v) is 7.57. The zero-order chi connectivity index (χ0) is 12.7. The number of thioether (sulfide) groups is 1. The van der Waals surface area contributed by atoms with Gasteiger partial charge < -0.3 is 10.9 Å². The highest BCUT2D eigenvalue weighted by Gasteiger charge is 2.22. The van der Waals surface area contributed by atoms with Crippen molar-refractivity contribution in [3.63, 3.8) is 0 Å². The molecule has 3 nitrogen and oxygen atoms in total. The average molecular weight is 272 g/mol. The van der Waals surface area contributed by atoms with Crippen molar-refractivity contribution in [3.05, 3.63) is 17.5 Å². The minimum Gasteiger partial charge on any atom is -0.409 e.